The zero-order chi connectivity index (χ0) is 25.8. The first kappa shape index (κ1) is 42.0. The monoisotopic (exact) mass is 606 g/mol. The minimum atomic E-state index is -1.19. The normalized spacial score (nSPS) is 7.26. The van der Waals surface area contributed by atoms with Crippen LogP contribution in [0, 0.1) is 0 Å². The number of carboxylic acids is 5. The quantitative estimate of drug-likeness (QED) is 0.284. The molecule has 0 aliphatic heterocycles. The van der Waals surface area contributed by atoms with Crippen LogP contribution in [0.25, 0.3) is 0 Å². The first-order chi connectivity index (χ1) is 13.2. The summed E-state index contributed by atoms with van der Waals surface area (Å²) in [6.07, 6.45) is 0. The van der Waals surface area contributed by atoms with Gasteiger partial charge >= 0.3 is 22.4 Å². The predicted octanol–water partition coefficient (Wildman–Crippen LogP) is -3.44. The van der Waals surface area contributed by atoms with Gasteiger partial charge in [0.25, 0.3) is 0 Å². The number of hydrogen-bond donors (Lipinski definition) is 0. The van der Waals surface area contributed by atoms with Crippen molar-refractivity contribution in [3.8, 4) is 0 Å². The van der Waals surface area contributed by atoms with Crippen molar-refractivity contribution in [2.45, 2.75) is 34.6 Å². The Morgan fingerprint density at radius 2 is 0.419 bits per heavy atom. The molecule has 0 aliphatic carbocycles. The molecule has 0 radical (unpaired) electrons. The van der Waals surface area contributed by atoms with Crippen LogP contribution in [0.15, 0.2) is 60.8 Å². The number of hydrogen-bond acceptors (Lipinski definition) is 10. The van der Waals surface area contributed by atoms with Crippen LogP contribution in [0.5, 0.6) is 0 Å². The third kappa shape index (κ3) is 58.4. The van der Waals surface area contributed by atoms with Crippen molar-refractivity contribution >= 4 is 29.8 Å². The zero-order valence-corrected chi connectivity index (χ0v) is 21.3. The van der Waals surface area contributed by atoms with Crippen LogP contribution in [0.2, 0.25) is 0 Å². The van der Waals surface area contributed by atoms with Crippen molar-refractivity contribution < 1.29 is 71.9 Å². The molecule has 0 aromatic rings. The van der Waals surface area contributed by atoms with E-state index in [1.807, 2.05) is 0 Å². The van der Waals surface area contributed by atoms with Crippen LogP contribution < -0.4 is 25.5 Å². The number of carbonyl (C=O) groups is 5. The summed E-state index contributed by atoms with van der Waals surface area (Å²) in [6, 6.07) is 0. The SMILES string of the molecule is C=C(C)C(=O)[O-].C=C(C)C(=O)[O-].C=C(C)C(=O)[O-].C=C(C)C(=O)[O-].C=C(C)C(=O)[O-].[Ta+5]. The minimum absolute atomic E-state index is 0. The third-order valence-corrected chi connectivity index (χ3v) is 1.74. The largest absolute Gasteiger partial charge is 5.00 e. The van der Waals surface area contributed by atoms with Gasteiger partial charge in [-0.05, 0) is 62.5 Å². The molecule has 0 rings (SSSR count). The van der Waals surface area contributed by atoms with E-state index in [9.17, 15) is 49.5 Å². The maximum absolute atomic E-state index is 9.49. The minimum Gasteiger partial charge on any atom is -0.545 e. The van der Waals surface area contributed by atoms with Crippen LogP contribution >= 0.6 is 0 Å². The van der Waals surface area contributed by atoms with Crippen molar-refractivity contribution in [2.75, 3.05) is 0 Å². The van der Waals surface area contributed by atoms with Crippen molar-refractivity contribution in [1.29, 1.82) is 0 Å². The van der Waals surface area contributed by atoms with Gasteiger partial charge in [0.1, 0.15) is 0 Å². The summed E-state index contributed by atoms with van der Waals surface area (Å²) >= 11 is 0. The molecule has 0 aromatic carbocycles. The van der Waals surface area contributed by atoms with Crippen LogP contribution in [0.3, 0.4) is 0 Å². The van der Waals surface area contributed by atoms with E-state index in [4.69, 9.17) is 0 Å². The number of carboxylic acid groups (broad SMARTS) is 5. The molecule has 0 atom stereocenters. The fourth-order valence-corrected chi connectivity index (χ4v) is 0. The van der Waals surface area contributed by atoms with Crippen molar-refractivity contribution in [3.05, 3.63) is 60.8 Å². The maximum atomic E-state index is 9.49. The third-order valence-electron chi connectivity index (χ3n) is 1.74. The number of carbonyl (C=O) groups excluding carboxylic acids is 5. The molecule has 0 bridgehead atoms. The van der Waals surface area contributed by atoms with Gasteiger partial charge in [0.15, 0.2) is 0 Å². The summed E-state index contributed by atoms with van der Waals surface area (Å²) in [5, 5.41) is 47.4. The summed E-state index contributed by atoms with van der Waals surface area (Å²) < 4.78 is 0. The second-order valence-electron chi connectivity index (χ2n) is 5.34. The molecule has 31 heavy (non-hydrogen) atoms. The molecular formula is C20H25O10Ta. The van der Waals surface area contributed by atoms with Gasteiger partial charge in [-0.3, -0.25) is 0 Å². The van der Waals surface area contributed by atoms with E-state index in [2.05, 4.69) is 32.9 Å². The smallest absolute Gasteiger partial charge is 0.545 e. The van der Waals surface area contributed by atoms with Crippen molar-refractivity contribution in [1.82, 2.24) is 0 Å². The summed E-state index contributed by atoms with van der Waals surface area (Å²) in [4.78, 5) is 47.4. The Morgan fingerprint density at radius 3 is 0.419 bits per heavy atom. The summed E-state index contributed by atoms with van der Waals surface area (Å²) in [5.41, 5.74) is 0.324. The van der Waals surface area contributed by atoms with Crippen LogP contribution in [-0.2, 0) is 46.4 Å². The van der Waals surface area contributed by atoms with E-state index in [1.54, 1.807) is 0 Å². The molecule has 0 aliphatic rings. The first-order valence-electron chi connectivity index (χ1n) is 7.56. The molecule has 0 fully saturated rings. The number of aliphatic carboxylic acids is 5. The Balaban J connectivity index is -0.0000000625. The molecule has 0 saturated carbocycles. The number of rotatable bonds is 5. The second-order valence-corrected chi connectivity index (χ2v) is 5.34. The molecule has 0 aromatic heterocycles. The molecule has 0 heterocycles. The van der Waals surface area contributed by atoms with Crippen LogP contribution in [0.1, 0.15) is 34.6 Å². The molecule has 0 N–H and O–H groups in total. The predicted molar refractivity (Wildman–Crippen MR) is 99.1 cm³/mol. The van der Waals surface area contributed by atoms with E-state index in [0.29, 0.717) is 0 Å². The fourth-order valence-electron chi connectivity index (χ4n) is 0. The molecule has 10 nitrogen and oxygen atoms in total. The maximum Gasteiger partial charge on any atom is 5.00 e. The van der Waals surface area contributed by atoms with Gasteiger partial charge in [0.2, 0.25) is 0 Å². The van der Waals surface area contributed by atoms with Crippen LogP contribution in [-0.4, -0.2) is 29.8 Å². The van der Waals surface area contributed by atoms with Gasteiger partial charge in [-0.2, -0.15) is 0 Å². The molecule has 170 valence electrons. The molecule has 0 spiro atoms. The standard InChI is InChI=1S/5C4H6O2.Ta/c5*1-3(2)4(5)6;/h5*1H2,2H3,(H,5,6);/q;;;;;+5/p-5. The fraction of sp³-hybridized carbons (Fsp3) is 0.250. The molecule has 0 amide bonds. The summed E-state index contributed by atoms with van der Waals surface area (Å²) in [7, 11) is 0. The topological polar surface area (TPSA) is 201 Å². The van der Waals surface area contributed by atoms with E-state index < -0.39 is 29.8 Å². The Kier molecular flexibility index (Phi) is 33.6. The van der Waals surface area contributed by atoms with Gasteiger partial charge < -0.3 is 49.5 Å². The zero-order valence-electron chi connectivity index (χ0n) is 18.1. The van der Waals surface area contributed by atoms with E-state index in [0.717, 1.165) is 0 Å². The average molecular weight is 606 g/mol. The van der Waals surface area contributed by atoms with Gasteiger partial charge in [-0.1, -0.05) is 32.9 Å². The van der Waals surface area contributed by atoms with Crippen LogP contribution in [0.4, 0.5) is 0 Å². The van der Waals surface area contributed by atoms with Gasteiger partial charge in [0.05, 0.1) is 29.8 Å². The van der Waals surface area contributed by atoms with Gasteiger partial charge in [-0.25, -0.2) is 0 Å². The molecular weight excluding hydrogens is 581 g/mol. The Labute approximate surface area is 197 Å². The average Bonchev–Trinajstić information content (AvgIpc) is 2.56. The Morgan fingerprint density at radius 1 is 0.387 bits per heavy atom. The first-order valence-corrected chi connectivity index (χ1v) is 7.56. The Hall–Kier alpha value is -3.21. The summed E-state index contributed by atoms with van der Waals surface area (Å²) in [5.74, 6) is -5.93. The molecule has 0 saturated heterocycles. The van der Waals surface area contributed by atoms with Crippen molar-refractivity contribution in [3.63, 3.8) is 0 Å². The Bertz CT molecular complexity index is 503. The van der Waals surface area contributed by atoms with Gasteiger partial charge in [0, 0.05) is 0 Å². The van der Waals surface area contributed by atoms with E-state index in [-0.39, 0.29) is 50.2 Å². The second kappa shape index (κ2) is 24.8. The van der Waals surface area contributed by atoms with E-state index >= 15 is 0 Å². The van der Waals surface area contributed by atoms with Gasteiger partial charge in [-0.15, -0.1) is 0 Å². The molecule has 0 unspecified atom stereocenters. The summed E-state index contributed by atoms with van der Waals surface area (Å²) in [6.45, 7) is 22.4. The van der Waals surface area contributed by atoms with Crippen molar-refractivity contribution in [2.24, 2.45) is 0 Å². The molecule has 11 heteroatoms. The van der Waals surface area contributed by atoms with E-state index in [1.165, 1.54) is 34.6 Å².